The van der Waals surface area contributed by atoms with Crippen molar-refractivity contribution in [1.82, 2.24) is 19.8 Å². The van der Waals surface area contributed by atoms with Crippen LogP contribution in [0.2, 0.25) is 0 Å². The Balaban J connectivity index is 0.000000294. The van der Waals surface area contributed by atoms with Gasteiger partial charge in [-0.05, 0) is 72.4 Å². The zero-order valence-electron chi connectivity index (χ0n) is 25.5. The Morgan fingerprint density at radius 3 is 2.32 bits per heavy atom. The highest BCUT2D eigenvalue weighted by atomic mass is 19.1. The van der Waals surface area contributed by atoms with E-state index in [1.165, 1.54) is 20.0 Å². The number of ether oxygens (including phenoxy) is 2. The first-order chi connectivity index (χ1) is 19.4. The second-order valence-electron chi connectivity index (χ2n) is 12.2. The summed E-state index contributed by atoms with van der Waals surface area (Å²) in [5.41, 5.74) is 0.301. The van der Waals surface area contributed by atoms with E-state index in [4.69, 9.17) is 17.3 Å². The fourth-order valence-corrected chi connectivity index (χ4v) is 6.38. The van der Waals surface area contributed by atoms with Crippen molar-refractivity contribution < 1.29 is 23.0 Å². The summed E-state index contributed by atoms with van der Waals surface area (Å²) in [7, 11) is 7.33. The summed E-state index contributed by atoms with van der Waals surface area (Å²) in [6.07, 6.45) is 4.31. The second kappa shape index (κ2) is 12.7. The molecule has 6 rings (SSSR count). The van der Waals surface area contributed by atoms with E-state index in [1.807, 2.05) is 45.6 Å². The van der Waals surface area contributed by atoms with Gasteiger partial charge in [0.15, 0.2) is 0 Å². The van der Waals surface area contributed by atoms with Crippen LogP contribution in [-0.4, -0.2) is 96.9 Å². The molecule has 2 radical (unpaired) electrons. The number of hydrogen-bond donors (Lipinski definition) is 0. The topological polar surface area (TPSA) is 71.0 Å². The van der Waals surface area contributed by atoms with Crippen LogP contribution in [0.5, 0.6) is 6.01 Å². The largest absolute Gasteiger partial charge is 0.467 e. The molecule has 4 aliphatic rings. The van der Waals surface area contributed by atoms with Crippen LogP contribution in [0.1, 0.15) is 72.3 Å². The Bertz CT molecular complexity index is 1220. The van der Waals surface area contributed by atoms with E-state index < -0.39 is 17.6 Å². The molecule has 4 unspecified atom stereocenters. The standard InChI is InChI=1S/C21H26BFN4O3.C7H12FN.C2H6/c1-11-8-14-17(16(23)15(11)22)24-19(29-5)25-18(14)26-9-12-6-7-13(10-26)27(12)20(28)30-21(2,3)4;8-6-4-7-2-1-3-9(7)5-6;1-2/h8,12-13H,6-7,9-10H2,1-5H3;6-7H,1-5H2;1-2H3. The van der Waals surface area contributed by atoms with E-state index >= 15 is 0 Å². The van der Waals surface area contributed by atoms with Crippen LogP contribution in [0.4, 0.5) is 19.4 Å². The fraction of sp³-hybridized carbons (Fsp3) is 0.700. The quantitative estimate of drug-likeness (QED) is 0.485. The fourth-order valence-electron chi connectivity index (χ4n) is 6.38. The number of benzene rings is 1. The summed E-state index contributed by atoms with van der Waals surface area (Å²) < 4.78 is 38.3. The third kappa shape index (κ3) is 6.70. The predicted octanol–water partition coefficient (Wildman–Crippen LogP) is 4.69. The minimum atomic E-state index is -0.567. The maximum atomic E-state index is 14.9. The Labute approximate surface area is 244 Å². The van der Waals surface area contributed by atoms with Crippen LogP contribution in [0.25, 0.3) is 10.9 Å². The Kier molecular flexibility index (Phi) is 9.66. The second-order valence-corrected chi connectivity index (χ2v) is 12.2. The molecular formula is C30H44BF2N5O3. The van der Waals surface area contributed by atoms with Crippen molar-refractivity contribution in [2.45, 2.75) is 104 Å². The van der Waals surface area contributed by atoms with E-state index in [-0.39, 0.29) is 35.2 Å². The van der Waals surface area contributed by atoms with Gasteiger partial charge in [-0.25, -0.2) is 13.6 Å². The minimum absolute atomic E-state index is 0.00864. The maximum Gasteiger partial charge on any atom is 0.410 e. The van der Waals surface area contributed by atoms with E-state index in [1.54, 1.807) is 6.92 Å². The summed E-state index contributed by atoms with van der Waals surface area (Å²) in [5, 5.41) is 0.588. The van der Waals surface area contributed by atoms with Gasteiger partial charge in [0.05, 0.1) is 19.2 Å². The van der Waals surface area contributed by atoms with Crippen molar-refractivity contribution in [3.63, 3.8) is 0 Å². The van der Waals surface area contributed by atoms with Gasteiger partial charge in [0.1, 0.15) is 36.8 Å². The van der Waals surface area contributed by atoms with Gasteiger partial charge < -0.3 is 14.4 Å². The average Bonchev–Trinajstić information content (AvgIpc) is 3.58. The van der Waals surface area contributed by atoms with E-state index in [2.05, 4.69) is 19.8 Å². The number of aromatic nitrogens is 2. The third-order valence-electron chi connectivity index (χ3n) is 8.16. The number of amides is 1. The number of alkyl halides is 1. The first kappa shape index (κ1) is 31.3. The molecule has 0 saturated carbocycles. The van der Waals surface area contributed by atoms with Crippen molar-refractivity contribution >= 4 is 36.1 Å². The van der Waals surface area contributed by atoms with Gasteiger partial charge in [0.25, 0.3) is 0 Å². The van der Waals surface area contributed by atoms with Gasteiger partial charge in [-0.15, -0.1) is 0 Å². The highest BCUT2D eigenvalue weighted by Crippen LogP contribution is 2.36. The van der Waals surface area contributed by atoms with E-state index in [0.29, 0.717) is 42.4 Å². The molecule has 0 aliphatic carbocycles. The third-order valence-corrected chi connectivity index (χ3v) is 8.16. The zero-order valence-corrected chi connectivity index (χ0v) is 25.5. The summed E-state index contributed by atoms with van der Waals surface area (Å²) in [6.45, 7) is 14.4. The number of aryl methyl sites for hydroxylation is 1. The van der Waals surface area contributed by atoms with Gasteiger partial charge in [-0.1, -0.05) is 24.9 Å². The molecule has 0 spiro atoms. The van der Waals surface area contributed by atoms with Crippen molar-refractivity contribution in [2.24, 2.45) is 0 Å². The average molecular weight is 572 g/mol. The summed E-state index contributed by atoms with van der Waals surface area (Å²) in [4.78, 5) is 27.7. The van der Waals surface area contributed by atoms with Crippen LogP contribution in [0, 0.1) is 12.7 Å². The number of anilines is 1. The van der Waals surface area contributed by atoms with Crippen molar-refractivity contribution in [2.75, 3.05) is 38.2 Å². The van der Waals surface area contributed by atoms with Gasteiger partial charge in [0.2, 0.25) is 0 Å². The van der Waals surface area contributed by atoms with Gasteiger partial charge in [-0.2, -0.15) is 9.97 Å². The molecule has 2 bridgehead atoms. The zero-order chi connectivity index (χ0) is 30.1. The van der Waals surface area contributed by atoms with Crippen molar-refractivity contribution in [3.05, 3.63) is 17.4 Å². The Morgan fingerprint density at radius 2 is 1.73 bits per heavy atom. The molecule has 2 aromatic rings. The molecular weight excluding hydrogens is 527 g/mol. The Morgan fingerprint density at radius 1 is 1.07 bits per heavy atom. The molecule has 4 atom stereocenters. The number of methoxy groups -OCH3 is 1. The van der Waals surface area contributed by atoms with Crippen LogP contribution in [0.15, 0.2) is 6.07 Å². The lowest BCUT2D eigenvalue weighted by molar-refractivity contribution is 0.0123. The van der Waals surface area contributed by atoms with E-state index in [0.717, 1.165) is 25.8 Å². The molecule has 224 valence electrons. The molecule has 0 N–H and O–H groups in total. The van der Waals surface area contributed by atoms with Crippen molar-refractivity contribution in [1.29, 1.82) is 0 Å². The number of fused-ring (bicyclic) bond motifs is 4. The summed E-state index contributed by atoms with van der Waals surface area (Å²) in [5.74, 6) is 0.0295. The first-order valence-corrected chi connectivity index (χ1v) is 14.9. The van der Waals surface area contributed by atoms with Crippen molar-refractivity contribution in [3.8, 4) is 6.01 Å². The maximum absolute atomic E-state index is 14.9. The molecule has 4 aliphatic heterocycles. The number of carbonyl (C=O) groups is 1. The summed E-state index contributed by atoms with van der Waals surface area (Å²) >= 11 is 0. The molecule has 8 nitrogen and oxygen atoms in total. The van der Waals surface area contributed by atoms with Crippen LogP contribution in [0.3, 0.4) is 0 Å². The van der Waals surface area contributed by atoms with Gasteiger partial charge >= 0.3 is 12.1 Å². The molecule has 4 saturated heterocycles. The lowest BCUT2D eigenvalue weighted by Gasteiger charge is -2.42. The number of halogens is 2. The number of piperazine rings is 1. The molecule has 1 aromatic heterocycles. The molecule has 11 heteroatoms. The monoisotopic (exact) mass is 571 g/mol. The first-order valence-electron chi connectivity index (χ1n) is 14.9. The lowest BCUT2D eigenvalue weighted by atomic mass is 9.89. The molecule has 41 heavy (non-hydrogen) atoms. The van der Waals surface area contributed by atoms with Crippen LogP contribution in [-0.2, 0) is 4.74 Å². The molecule has 1 amide bonds. The normalized spacial score (nSPS) is 25.3. The van der Waals surface area contributed by atoms with Crippen LogP contribution >= 0.6 is 0 Å². The summed E-state index contributed by atoms with van der Waals surface area (Å²) in [6, 6.07) is 2.52. The molecule has 4 fully saturated rings. The Hall–Kier alpha value is -2.69. The number of nitrogens with zero attached hydrogens (tertiary/aromatic N) is 5. The molecule has 5 heterocycles. The molecule has 1 aromatic carbocycles. The highest BCUT2D eigenvalue weighted by molar-refractivity contribution is 6.34. The number of rotatable bonds is 2. The predicted molar refractivity (Wildman–Crippen MR) is 159 cm³/mol. The smallest absolute Gasteiger partial charge is 0.410 e. The minimum Gasteiger partial charge on any atom is -0.467 e. The lowest BCUT2D eigenvalue weighted by Crippen LogP contribution is -2.57. The number of carbonyl (C=O) groups excluding carboxylic acids is 1. The van der Waals surface area contributed by atoms with Gasteiger partial charge in [0, 0.05) is 31.1 Å². The van der Waals surface area contributed by atoms with E-state index in [9.17, 15) is 13.6 Å². The van der Waals surface area contributed by atoms with Crippen LogP contribution < -0.4 is 15.1 Å². The van der Waals surface area contributed by atoms with Gasteiger partial charge in [-0.3, -0.25) is 9.80 Å². The SMILES string of the molecule is CC.FC1CC2CCCN2C1.[B]c1c(C)cc2c(N3CC4CCC(C3)N4C(=O)OC(C)(C)C)nc(OC)nc2c1F. The number of hydrogen-bond acceptors (Lipinski definition) is 7. The highest BCUT2D eigenvalue weighted by Gasteiger charge is 2.45.